The zero-order valence-electron chi connectivity index (χ0n) is 13.0. The lowest BCUT2D eigenvalue weighted by Gasteiger charge is -2.27. The van der Waals surface area contributed by atoms with Gasteiger partial charge in [0.1, 0.15) is 11.1 Å². The van der Waals surface area contributed by atoms with Crippen molar-refractivity contribution < 1.29 is 4.74 Å². The van der Waals surface area contributed by atoms with Crippen molar-refractivity contribution in [3.8, 4) is 5.75 Å². The summed E-state index contributed by atoms with van der Waals surface area (Å²) >= 11 is 19.8. The Balaban J connectivity index is 1.75. The lowest BCUT2D eigenvalue weighted by molar-refractivity contribution is 0.415. The SMILES string of the molecule is COc1ccc(NC(=S)N2CCS[C@@H]2c2ccc(Cl)cc2Cl)cc1. The molecule has 0 saturated carbocycles. The molecule has 1 atom stereocenters. The van der Waals surface area contributed by atoms with Crippen molar-refractivity contribution in [3.63, 3.8) is 0 Å². The van der Waals surface area contributed by atoms with Gasteiger partial charge < -0.3 is 15.0 Å². The third-order valence-corrected chi connectivity index (χ3v) is 5.86. The minimum absolute atomic E-state index is 0.0908. The van der Waals surface area contributed by atoms with Gasteiger partial charge in [0.05, 0.1) is 7.11 Å². The van der Waals surface area contributed by atoms with E-state index in [4.69, 9.17) is 40.2 Å². The summed E-state index contributed by atoms with van der Waals surface area (Å²) in [6.07, 6.45) is 0. The minimum Gasteiger partial charge on any atom is -0.497 e. The monoisotopic (exact) mass is 398 g/mol. The number of hydrogen-bond acceptors (Lipinski definition) is 3. The van der Waals surface area contributed by atoms with E-state index in [1.807, 2.05) is 48.2 Å². The summed E-state index contributed by atoms with van der Waals surface area (Å²) in [4.78, 5) is 2.15. The van der Waals surface area contributed by atoms with Crippen LogP contribution >= 0.6 is 47.2 Å². The molecular formula is C17H16Cl2N2OS2. The molecule has 0 bridgehead atoms. The average molecular weight is 399 g/mol. The topological polar surface area (TPSA) is 24.5 Å². The Hall–Kier alpha value is -1.14. The molecule has 2 aromatic rings. The number of nitrogens with one attached hydrogen (secondary N) is 1. The standard InChI is InChI=1S/C17H16Cl2N2OS2/c1-22-13-5-3-12(4-6-13)20-17(23)21-8-9-24-16(21)14-7-2-11(18)10-15(14)19/h2-7,10,16H,8-9H2,1H3,(H,20,23)/t16-/m1/s1. The van der Waals surface area contributed by atoms with E-state index >= 15 is 0 Å². The van der Waals surface area contributed by atoms with E-state index in [-0.39, 0.29) is 5.37 Å². The first-order valence-corrected chi connectivity index (χ1v) is 9.58. The summed E-state index contributed by atoms with van der Waals surface area (Å²) in [7, 11) is 1.65. The Morgan fingerprint density at radius 2 is 2.00 bits per heavy atom. The molecule has 1 fully saturated rings. The number of rotatable bonds is 3. The first-order chi connectivity index (χ1) is 11.6. The first kappa shape index (κ1) is 17.7. The van der Waals surface area contributed by atoms with Crippen LogP contribution in [0.15, 0.2) is 42.5 Å². The molecule has 1 aliphatic rings. The second-order valence-electron chi connectivity index (χ2n) is 5.24. The molecule has 0 amide bonds. The van der Waals surface area contributed by atoms with E-state index in [2.05, 4.69) is 10.2 Å². The smallest absolute Gasteiger partial charge is 0.174 e. The zero-order valence-corrected chi connectivity index (χ0v) is 16.1. The Labute approximate surface area is 161 Å². The minimum atomic E-state index is 0.0908. The normalized spacial score (nSPS) is 17.0. The fourth-order valence-corrected chi connectivity index (χ4v) is 4.77. The molecule has 126 valence electrons. The van der Waals surface area contributed by atoms with Crippen LogP contribution in [0.1, 0.15) is 10.9 Å². The van der Waals surface area contributed by atoms with Gasteiger partial charge >= 0.3 is 0 Å². The second-order valence-corrected chi connectivity index (χ2v) is 7.66. The molecular weight excluding hydrogens is 383 g/mol. The molecule has 3 nitrogen and oxygen atoms in total. The van der Waals surface area contributed by atoms with E-state index in [0.717, 1.165) is 29.3 Å². The van der Waals surface area contributed by atoms with Gasteiger partial charge in [0.2, 0.25) is 0 Å². The lowest BCUT2D eigenvalue weighted by atomic mass is 10.2. The number of nitrogens with zero attached hydrogens (tertiary/aromatic N) is 1. The first-order valence-electron chi connectivity index (χ1n) is 7.36. The van der Waals surface area contributed by atoms with Crippen LogP contribution in [0, 0.1) is 0 Å². The van der Waals surface area contributed by atoms with Gasteiger partial charge in [-0.15, -0.1) is 11.8 Å². The third-order valence-electron chi connectivity index (χ3n) is 3.72. The van der Waals surface area contributed by atoms with Gasteiger partial charge in [-0.3, -0.25) is 0 Å². The van der Waals surface area contributed by atoms with Crippen molar-refractivity contribution >= 4 is 58.0 Å². The maximum atomic E-state index is 6.37. The molecule has 0 aromatic heterocycles. The fraction of sp³-hybridized carbons (Fsp3) is 0.235. The Bertz CT molecular complexity index is 740. The summed E-state index contributed by atoms with van der Waals surface area (Å²) in [5.74, 6) is 1.81. The highest BCUT2D eigenvalue weighted by Gasteiger charge is 2.30. The summed E-state index contributed by atoms with van der Waals surface area (Å²) < 4.78 is 5.17. The van der Waals surface area contributed by atoms with Crippen molar-refractivity contribution in [2.45, 2.75) is 5.37 Å². The Morgan fingerprint density at radius 3 is 2.67 bits per heavy atom. The molecule has 7 heteroatoms. The van der Waals surface area contributed by atoms with E-state index < -0.39 is 0 Å². The number of thioether (sulfide) groups is 1. The predicted octanol–water partition coefficient (Wildman–Crippen LogP) is 5.45. The molecule has 1 N–H and O–H groups in total. The lowest BCUT2D eigenvalue weighted by Crippen LogP contribution is -2.34. The van der Waals surface area contributed by atoms with E-state index in [9.17, 15) is 0 Å². The fourth-order valence-electron chi connectivity index (χ4n) is 2.51. The van der Waals surface area contributed by atoms with E-state index in [1.54, 1.807) is 13.2 Å². The number of halogens is 2. The molecule has 1 aliphatic heterocycles. The van der Waals surface area contributed by atoms with Crippen LogP contribution in [0.4, 0.5) is 5.69 Å². The van der Waals surface area contributed by atoms with Crippen molar-refractivity contribution in [1.82, 2.24) is 4.90 Å². The second kappa shape index (κ2) is 7.83. The van der Waals surface area contributed by atoms with Crippen molar-refractivity contribution in [2.24, 2.45) is 0 Å². The van der Waals surface area contributed by atoms with Crippen molar-refractivity contribution in [3.05, 3.63) is 58.1 Å². The summed E-state index contributed by atoms with van der Waals surface area (Å²) in [5.41, 5.74) is 1.96. The van der Waals surface area contributed by atoms with Crippen LogP contribution in [0.3, 0.4) is 0 Å². The van der Waals surface area contributed by atoms with Crippen molar-refractivity contribution in [1.29, 1.82) is 0 Å². The molecule has 1 saturated heterocycles. The van der Waals surface area contributed by atoms with Crippen molar-refractivity contribution in [2.75, 3.05) is 24.7 Å². The van der Waals surface area contributed by atoms with E-state index in [1.165, 1.54) is 0 Å². The zero-order chi connectivity index (χ0) is 17.1. The largest absolute Gasteiger partial charge is 0.497 e. The van der Waals surface area contributed by atoms with Crippen LogP contribution in [-0.2, 0) is 0 Å². The predicted molar refractivity (Wildman–Crippen MR) is 108 cm³/mol. The number of methoxy groups -OCH3 is 1. The van der Waals surface area contributed by atoms with Gasteiger partial charge in [-0.25, -0.2) is 0 Å². The van der Waals surface area contributed by atoms with Gasteiger partial charge in [0, 0.05) is 33.6 Å². The molecule has 24 heavy (non-hydrogen) atoms. The molecule has 0 unspecified atom stereocenters. The summed E-state index contributed by atoms with van der Waals surface area (Å²) in [5, 5.41) is 5.36. The quantitative estimate of drug-likeness (QED) is 0.693. The van der Waals surface area contributed by atoms with Gasteiger partial charge in [-0.05, 0) is 48.6 Å². The third kappa shape index (κ3) is 3.91. The maximum absolute atomic E-state index is 6.37. The highest BCUT2D eigenvalue weighted by Crippen LogP contribution is 2.41. The van der Waals surface area contributed by atoms with Gasteiger partial charge in [0.15, 0.2) is 5.11 Å². The van der Waals surface area contributed by atoms with Crippen LogP contribution in [0.5, 0.6) is 5.75 Å². The van der Waals surface area contributed by atoms with E-state index in [0.29, 0.717) is 15.2 Å². The molecule has 0 radical (unpaired) electrons. The maximum Gasteiger partial charge on any atom is 0.174 e. The van der Waals surface area contributed by atoms with Gasteiger partial charge in [-0.1, -0.05) is 29.3 Å². The summed E-state index contributed by atoms with van der Waals surface area (Å²) in [6.45, 7) is 0.871. The molecule has 3 rings (SSSR count). The number of ether oxygens (including phenoxy) is 1. The van der Waals surface area contributed by atoms with Gasteiger partial charge in [0.25, 0.3) is 0 Å². The Morgan fingerprint density at radius 1 is 1.25 bits per heavy atom. The molecule has 0 spiro atoms. The van der Waals surface area contributed by atoms with Gasteiger partial charge in [-0.2, -0.15) is 0 Å². The highest BCUT2D eigenvalue weighted by atomic mass is 35.5. The molecule has 0 aliphatic carbocycles. The summed E-state index contributed by atoms with van der Waals surface area (Å²) in [6, 6.07) is 13.3. The Kier molecular flexibility index (Phi) is 5.76. The number of benzene rings is 2. The number of thiocarbonyl (C=S) groups is 1. The molecule has 1 heterocycles. The highest BCUT2D eigenvalue weighted by molar-refractivity contribution is 7.99. The van der Waals surface area contributed by atoms with Crippen LogP contribution in [0.2, 0.25) is 10.0 Å². The molecule has 2 aromatic carbocycles. The number of anilines is 1. The van der Waals surface area contributed by atoms with Crippen LogP contribution < -0.4 is 10.1 Å². The average Bonchev–Trinajstić information content (AvgIpc) is 3.05. The van der Waals surface area contributed by atoms with Crippen LogP contribution in [-0.4, -0.2) is 29.4 Å². The van der Waals surface area contributed by atoms with Crippen LogP contribution in [0.25, 0.3) is 0 Å². The number of hydrogen-bond donors (Lipinski definition) is 1.